The van der Waals surface area contributed by atoms with Gasteiger partial charge in [0.15, 0.2) is 0 Å². The number of rotatable bonds is 5. The smallest absolute Gasteiger partial charge is 0.240 e. The third-order valence-electron chi connectivity index (χ3n) is 2.71. The fraction of sp³-hybridized carbons (Fsp3) is 0.909. The average molecular weight is 286 g/mol. The maximum atomic E-state index is 11.6. The highest BCUT2D eigenvalue weighted by Gasteiger charge is 2.46. The lowest BCUT2D eigenvalue weighted by molar-refractivity contribution is -0.123. The van der Waals surface area contributed by atoms with E-state index < -0.39 is 5.54 Å². The summed E-state index contributed by atoms with van der Waals surface area (Å²) >= 11 is 0. The number of hydrogen-bond donors (Lipinski definition) is 2. The monoisotopic (exact) mass is 285 g/mol. The summed E-state index contributed by atoms with van der Waals surface area (Å²) in [7, 11) is 4.07. The highest BCUT2D eigenvalue weighted by Crippen LogP contribution is 2.32. The zero-order valence-corrected chi connectivity index (χ0v) is 12.7. The quantitative estimate of drug-likeness (QED) is 0.793. The second-order valence-corrected chi connectivity index (χ2v) is 5.74. The van der Waals surface area contributed by atoms with E-state index in [1.54, 1.807) is 0 Å². The van der Waals surface area contributed by atoms with Crippen LogP contribution in [0.1, 0.15) is 26.7 Å². The van der Waals surface area contributed by atoms with E-state index in [1.807, 2.05) is 14.1 Å². The van der Waals surface area contributed by atoms with Crippen molar-refractivity contribution in [3.63, 3.8) is 0 Å². The summed E-state index contributed by atoms with van der Waals surface area (Å²) in [5.74, 6) is 0.00864. The topological polar surface area (TPSA) is 58.4 Å². The molecule has 0 spiro atoms. The number of carbonyl (C=O) groups is 1. The number of amides is 1. The van der Waals surface area contributed by atoms with Gasteiger partial charge in [0.2, 0.25) is 5.91 Å². The van der Waals surface area contributed by atoms with Crippen LogP contribution in [0, 0.1) is 5.41 Å². The van der Waals surface area contributed by atoms with Gasteiger partial charge in [-0.3, -0.25) is 4.79 Å². The van der Waals surface area contributed by atoms with E-state index in [4.69, 9.17) is 5.73 Å². The summed E-state index contributed by atoms with van der Waals surface area (Å²) in [4.78, 5) is 13.7. The standard InChI is InChI=1S/C11H23N3O.2ClH/c1-10(2,8-14(3)4)7-13-9(15)11(12)5-6-11;;/h5-8,12H2,1-4H3,(H,13,15);2*1H. The molecule has 0 heterocycles. The van der Waals surface area contributed by atoms with Crippen molar-refractivity contribution in [3.05, 3.63) is 0 Å². The van der Waals surface area contributed by atoms with Crippen LogP contribution in [-0.4, -0.2) is 43.5 Å². The highest BCUT2D eigenvalue weighted by molar-refractivity contribution is 5.89. The molecular formula is C11H25Cl2N3O. The molecule has 17 heavy (non-hydrogen) atoms. The highest BCUT2D eigenvalue weighted by atomic mass is 35.5. The van der Waals surface area contributed by atoms with Crippen molar-refractivity contribution < 1.29 is 4.79 Å². The third-order valence-corrected chi connectivity index (χ3v) is 2.71. The van der Waals surface area contributed by atoms with Gasteiger partial charge in [-0.1, -0.05) is 13.8 Å². The van der Waals surface area contributed by atoms with E-state index >= 15 is 0 Å². The van der Waals surface area contributed by atoms with E-state index in [0.29, 0.717) is 6.54 Å². The number of nitrogens with zero attached hydrogens (tertiary/aromatic N) is 1. The fourth-order valence-electron chi connectivity index (χ4n) is 1.77. The van der Waals surface area contributed by atoms with Gasteiger partial charge >= 0.3 is 0 Å². The van der Waals surface area contributed by atoms with Crippen LogP contribution in [0.3, 0.4) is 0 Å². The Labute approximate surface area is 117 Å². The van der Waals surface area contributed by atoms with Gasteiger partial charge in [0, 0.05) is 13.1 Å². The van der Waals surface area contributed by atoms with E-state index in [2.05, 4.69) is 24.1 Å². The Bertz CT molecular complexity index is 253. The van der Waals surface area contributed by atoms with Gasteiger partial charge in [0.25, 0.3) is 0 Å². The van der Waals surface area contributed by atoms with Crippen LogP contribution in [0.25, 0.3) is 0 Å². The Balaban J connectivity index is 0. The molecule has 0 aromatic carbocycles. The molecule has 0 aliphatic heterocycles. The minimum absolute atomic E-state index is 0. The molecule has 1 amide bonds. The van der Waals surface area contributed by atoms with Gasteiger partial charge < -0.3 is 16.0 Å². The molecule has 104 valence electrons. The molecule has 0 unspecified atom stereocenters. The molecule has 3 N–H and O–H groups in total. The number of hydrogen-bond acceptors (Lipinski definition) is 3. The molecule has 0 atom stereocenters. The van der Waals surface area contributed by atoms with Gasteiger partial charge in [-0.15, -0.1) is 24.8 Å². The van der Waals surface area contributed by atoms with Crippen LogP contribution in [0.5, 0.6) is 0 Å². The molecule has 0 aromatic heterocycles. The number of halogens is 2. The van der Waals surface area contributed by atoms with Crippen LogP contribution < -0.4 is 11.1 Å². The Hall–Kier alpha value is -0.0300. The lowest BCUT2D eigenvalue weighted by Crippen LogP contribution is -2.47. The first-order chi connectivity index (χ1) is 6.75. The molecule has 0 aromatic rings. The van der Waals surface area contributed by atoms with Crippen LogP contribution in [0.4, 0.5) is 0 Å². The predicted molar refractivity (Wildman–Crippen MR) is 76.0 cm³/mol. The number of carbonyl (C=O) groups excluding carboxylic acids is 1. The lowest BCUT2D eigenvalue weighted by atomic mass is 9.93. The molecule has 1 saturated carbocycles. The molecule has 1 aliphatic carbocycles. The lowest BCUT2D eigenvalue weighted by Gasteiger charge is -2.29. The zero-order valence-electron chi connectivity index (χ0n) is 11.1. The molecule has 0 bridgehead atoms. The Morgan fingerprint density at radius 2 is 1.82 bits per heavy atom. The van der Waals surface area contributed by atoms with Crippen molar-refractivity contribution >= 4 is 30.7 Å². The number of nitrogens with two attached hydrogens (primary N) is 1. The average Bonchev–Trinajstić information content (AvgIpc) is 2.78. The van der Waals surface area contributed by atoms with Crippen molar-refractivity contribution in [3.8, 4) is 0 Å². The van der Waals surface area contributed by atoms with Gasteiger partial charge in [-0.05, 0) is 32.4 Å². The molecule has 1 fully saturated rings. The molecule has 1 rings (SSSR count). The summed E-state index contributed by atoms with van der Waals surface area (Å²) in [5, 5.41) is 2.94. The van der Waals surface area contributed by atoms with Crippen molar-refractivity contribution in [2.45, 2.75) is 32.2 Å². The summed E-state index contributed by atoms with van der Waals surface area (Å²) in [6, 6.07) is 0. The molecule has 6 heteroatoms. The van der Waals surface area contributed by atoms with Crippen LogP contribution in [0.15, 0.2) is 0 Å². The maximum absolute atomic E-state index is 11.6. The summed E-state index contributed by atoms with van der Waals surface area (Å²) in [5.41, 5.74) is 5.34. The Morgan fingerprint density at radius 1 is 1.35 bits per heavy atom. The Kier molecular flexibility index (Phi) is 7.71. The van der Waals surface area contributed by atoms with E-state index in [-0.39, 0.29) is 36.1 Å². The number of nitrogens with one attached hydrogen (secondary N) is 1. The molecular weight excluding hydrogens is 261 g/mol. The summed E-state index contributed by atoms with van der Waals surface area (Å²) in [6.45, 7) is 5.92. The maximum Gasteiger partial charge on any atom is 0.240 e. The van der Waals surface area contributed by atoms with Crippen LogP contribution in [0.2, 0.25) is 0 Å². The van der Waals surface area contributed by atoms with E-state index in [1.165, 1.54) is 0 Å². The minimum atomic E-state index is -0.547. The van der Waals surface area contributed by atoms with Gasteiger partial charge in [0.05, 0.1) is 5.54 Å². The first kappa shape index (κ1) is 19.3. The molecule has 1 aliphatic rings. The summed E-state index contributed by atoms with van der Waals surface area (Å²) in [6.07, 6.45) is 1.65. The Morgan fingerprint density at radius 3 is 2.18 bits per heavy atom. The van der Waals surface area contributed by atoms with Gasteiger partial charge in [-0.2, -0.15) is 0 Å². The van der Waals surface area contributed by atoms with Crippen LogP contribution in [-0.2, 0) is 4.79 Å². The summed E-state index contributed by atoms with van der Waals surface area (Å²) < 4.78 is 0. The van der Waals surface area contributed by atoms with Crippen molar-refractivity contribution in [2.24, 2.45) is 11.1 Å². The molecule has 0 radical (unpaired) electrons. The zero-order chi connectivity index (χ0) is 11.7. The van der Waals surface area contributed by atoms with Crippen LogP contribution >= 0.6 is 24.8 Å². The SMILES string of the molecule is CN(C)CC(C)(C)CNC(=O)C1(N)CC1.Cl.Cl. The van der Waals surface area contributed by atoms with Gasteiger partial charge in [0.1, 0.15) is 0 Å². The molecule has 4 nitrogen and oxygen atoms in total. The largest absolute Gasteiger partial charge is 0.354 e. The predicted octanol–water partition coefficient (Wildman–Crippen LogP) is 1.03. The first-order valence-electron chi connectivity index (χ1n) is 5.47. The second-order valence-electron chi connectivity index (χ2n) is 5.74. The first-order valence-corrected chi connectivity index (χ1v) is 5.47. The van der Waals surface area contributed by atoms with E-state index in [9.17, 15) is 4.79 Å². The second kappa shape index (κ2) is 6.78. The van der Waals surface area contributed by atoms with Gasteiger partial charge in [-0.25, -0.2) is 0 Å². The fourth-order valence-corrected chi connectivity index (χ4v) is 1.77. The van der Waals surface area contributed by atoms with Crippen molar-refractivity contribution in [1.82, 2.24) is 10.2 Å². The normalized spacial score (nSPS) is 16.8. The van der Waals surface area contributed by atoms with Crippen molar-refractivity contribution in [2.75, 3.05) is 27.2 Å². The molecule has 0 saturated heterocycles. The van der Waals surface area contributed by atoms with Crippen molar-refractivity contribution in [1.29, 1.82) is 0 Å². The minimum Gasteiger partial charge on any atom is -0.354 e. The third kappa shape index (κ3) is 6.46. The van der Waals surface area contributed by atoms with E-state index in [0.717, 1.165) is 19.4 Å².